The van der Waals surface area contributed by atoms with E-state index in [-0.39, 0.29) is 17.9 Å². The zero-order valence-electron chi connectivity index (χ0n) is 12.3. The Labute approximate surface area is 125 Å². The van der Waals surface area contributed by atoms with Gasteiger partial charge in [0.25, 0.3) is 0 Å². The number of methoxy groups -OCH3 is 1. The molecule has 0 N–H and O–H groups in total. The van der Waals surface area contributed by atoms with E-state index < -0.39 is 6.04 Å². The highest BCUT2D eigenvalue weighted by atomic mass is 16.5. The van der Waals surface area contributed by atoms with Crippen LogP contribution in [0.3, 0.4) is 0 Å². The van der Waals surface area contributed by atoms with Gasteiger partial charge in [0, 0.05) is 18.9 Å². The minimum Gasteiger partial charge on any atom is -0.467 e. The van der Waals surface area contributed by atoms with E-state index in [0.717, 1.165) is 12.0 Å². The van der Waals surface area contributed by atoms with Crippen molar-refractivity contribution in [3.63, 3.8) is 0 Å². The van der Waals surface area contributed by atoms with Crippen LogP contribution in [0.1, 0.15) is 24.8 Å². The fraction of sp³-hybridized carbons (Fsp3) is 0.412. The van der Waals surface area contributed by atoms with E-state index in [4.69, 9.17) is 4.74 Å². The Morgan fingerprint density at radius 2 is 2.19 bits per heavy atom. The summed E-state index contributed by atoms with van der Waals surface area (Å²) in [5.41, 5.74) is 1.02. The summed E-state index contributed by atoms with van der Waals surface area (Å²) < 4.78 is 4.91. The fourth-order valence-corrected chi connectivity index (χ4v) is 2.88. The van der Waals surface area contributed by atoms with Crippen LogP contribution < -0.4 is 0 Å². The molecule has 1 saturated heterocycles. The summed E-state index contributed by atoms with van der Waals surface area (Å²) in [5, 5.41) is 0. The van der Waals surface area contributed by atoms with E-state index in [1.165, 1.54) is 7.11 Å². The maximum atomic E-state index is 12.2. The Hall–Kier alpha value is -2.10. The topological polar surface area (TPSA) is 46.6 Å². The molecule has 1 fully saturated rings. The predicted molar refractivity (Wildman–Crippen MR) is 80.6 cm³/mol. The Morgan fingerprint density at radius 3 is 2.81 bits per heavy atom. The minimum absolute atomic E-state index is 0.0215. The van der Waals surface area contributed by atoms with Gasteiger partial charge in [-0.05, 0) is 18.4 Å². The SMILES string of the molecule is C=CCC1CCC(=O)N1[C@@H](Cc1ccccc1)C(=O)OC. The molecule has 1 aromatic carbocycles. The molecule has 4 heteroatoms. The fourth-order valence-electron chi connectivity index (χ4n) is 2.88. The number of ether oxygens (including phenoxy) is 1. The first-order valence-corrected chi connectivity index (χ1v) is 7.21. The van der Waals surface area contributed by atoms with E-state index in [1.54, 1.807) is 11.0 Å². The number of rotatable bonds is 6. The van der Waals surface area contributed by atoms with Crippen molar-refractivity contribution in [2.24, 2.45) is 0 Å². The molecule has 1 unspecified atom stereocenters. The molecule has 2 atom stereocenters. The molecule has 1 aliphatic heterocycles. The number of nitrogens with zero attached hydrogens (tertiary/aromatic N) is 1. The number of amides is 1. The highest BCUT2D eigenvalue weighted by Crippen LogP contribution is 2.26. The average molecular weight is 287 g/mol. The molecule has 0 spiro atoms. The first-order valence-electron chi connectivity index (χ1n) is 7.21. The van der Waals surface area contributed by atoms with Gasteiger partial charge in [0.2, 0.25) is 5.91 Å². The minimum atomic E-state index is -0.558. The van der Waals surface area contributed by atoms with Gasteiger partial charge in [0.05, 0.1) is 7.11 Å². The molecule has 1 heterocycles. The zero-order chi connectivity index (χ0) is 15.2. The highest BCUT2D eigenvalue weighted by molar-refractivity contribution is 5.86. The molecule has 2 rings (SSSR count). The van der Waals surface area contributed by atoms with E-state index in [0.29, 0.717) is 19.3 Å². The maximum Gasteiger partial charge on any atom is 0.328 e. The molecule has 0 aromatic heterocycles. The van der Waals surface area contributed by atoms with Gasteiger partial charge in [-0.25, -0.2) is 4.79 Å². The van der Waals surface area contributed by atoms with E-state index >= 15 is 0 Å². The molecule has 1 aromatic rings. The first kappa shape index (κ1) is 15.3. The molecule has 112 valence electrons. The van der Waals surface area contributed by atoms with E-state index in [1.807, 2.05) is 30.3 Å². The third kappa shape index (κ3) is 3.51. The average Bonchev–Trinajstić information content (AvgIpc) is 2.86. The third-order valence-corrected chi connectivity index (χ3v) is 3.89. The number of hydrogen-bond acceptors (Lipinski definition) is 3. The molecular formula is C17H21NO3. The van der Waals surface area contributed by atoms with Crippen molar-refractivity contribution in [3.05, 3.63) is 48.6 Å². The molecule has 4 nitrogen and oxygen atoms in total. The van der Waals surface area contributed by atoms with Crippen LogP contribution in [-0.2, 0) is 20.7 Å². The van der Waals surface area contributed by atoms with Crippen LogP contribution in [0, 0.1) is 0 Å². The van der Waals surface area contributed by atoms with Crippen LogP contribution in [-0.4, -0.2) is 36.0 Å². The monoisotopic (exact) mass is 287 g/mol. The van der Waals surface area contributed by atoms with E-state index in [9.17, 15) is 9.59 Å². The summed E-state index contributed by atoms with van der Waals surface area (Å²) >= 11 is 0. The molecule has 0 bridgehead atoms. The number of esters is 1. The number of carbonyl (C=O) groups excluding carboxylic acids is 2. The van der Waals surface area contributed by atoms with Crippen LogP contribution in [0.5, 0.6) is 0 Å². The molecule has 0 radical (unpaired) electrons. The Balaban J connectivity index is 2.24. The smallest absolute Gasteiger partial charge is 0.328 e. The summed E-state index contributed by atoms with van der Waals surface area (Å²) in [7, 11) is 1.36. The predicted octanol–water partition coefficient (Wildman–Crippen LogP) is 2.34. The summed E-state index contributed by atoms with van der Waals surface area (Å²) in [4.78, 5) is 26.0. The lowest BCUT2D eigenvalue weighted by molar-refractivity contribution is -0.152. The first-order chi connectivity index (χ1) is 10.2. The lowest BCUT2D eigenvalue weighted by Gasteiger charge is -2.31. The third-order valence-electron chi connectivity index (χ3n) is 3.89. The lowest BCUT2D eigenvalue weighted by Crippen LogP contribution is -2.48. The Morgan fingerprint density at radius 1 is 1.48 bits per heavy atom. The molecule has 21 heavy (non-hydrogen) atoms. The van der Waals surface area contributed by atoms with Gasteiger partial charge in [0.15, 0.2) is 0 Å². The standard InChI is InChI=1S/C17H21NO3/c1-3-7-14-10-11-16(19)18(14)15(17(20)21-2)12-13-8-5-4-6-9-13/h3-6,8-9,14-15H,1,7,10-12H2,2H3/t14?,15-/m0/s1. The number of benzene rings is 1. The Bertz CT molecular complexity index is 512. The molecular weight excluding hydrogens is 266 g/mol. The van der Waals surface area contributed by atoms with Gasteiger partial charge < -0.3 is 9.64 Å². The van der Waals surface area contributed by atoms with Gasteiger partial charge in [0.1, 0.15) is 6.04 Å². The molecule has 1 amide bonds. The van der Waals surface area contributed by atoms with Crippen molar-refractivity contribution >= 4 is 11.9 Å². The van der Waals surface area contributed by atoms with Gasteiger partial charge in [-0.2, -0.15) is 0 Å². The van der Waals surface area contributed by atoms with Gasteiger partial charge in [-0.15, -0.1) is 6.58 Å². The van der Waals surface area contributed by atoms with E-state index in [2.05, 4.69) is 6.58 Å². The Kier molecular flexibility index (Phi) is 5.14. The van der Waals surface area contributed by atoms with Gasteiger partial charge in [-0.3, -0.25) is 4.79 Å². The maximum absolute atomic E-state index is 12.2. The summed E-state index contributed by atoms with van der Waals surface area (Å²) in [6.45, 7) is 3.74. The van der Waals surface area contributed by atoms with Crippen molar-refractivity contribution in [3.8, 4) is 0 Å². The normalized spacial score (nSPS) is 19.4. The van der Waals surface area contributed by atoms with Crippen molar-refractivity contribution in [2.45, 2.75) is 37.8 Å². The summed E-state index contributed by atoms with van der Waals surface area (Å²) in [6.07, 6.45) is 4.24. The zero-order valence-corrected chi connectivity index (χ0v) is 12.3. The van der Waals surface area contributed by atoms with Crippen molar-refractivity contribution in [2.75, 3.05) is 7.11 Å². The number of carbonyl (C=O) groups is 2. The van der Waals surface area contributed by atoms with Gasteiger partial charge in [-0.1, -0.05) is 36.4 Å². The number of likely N-dealkylation sites (tertiary alicyclic amines) is 1. The second-order valence-electron chi connectivity index (χ2n) is 5.25. The molecule has 1 aliphatic rings. The van der Waals surface area contributed by atoms with Crippen molar-refractivity contribution in [1.82, 2.24) is 4.90 Å². The van der Waals surface area contributed by atoms with Crippen molar-refractivity contribution < 1.29 is 14.3 Å². The van der Waals surface area contributed by atoms with Gasteiger partial charge >= 0.3 is 5.97 Å². The molecule has 0 saturated carbocycles. The second-order valence-corrected chi connectivity index (χ2v) is 5.25. The second kappa shape index (κ2) is 7.07. The molecule has 0 aliphatic carbocycles. The van der Waals surface area contributed by atoms with Crippen LogP contribution in [0.25, 0.3) is 0 Å². The number of hydrogen-bond donors (Lipinski definition) is 0. The van der Waals surface area contributed by atoms with Crippen molar-refractivity contribution in [1.29, 1.82) is 0 Å². The highest BCUT2D eigenvalue weighted by Gasteiger charge is 2.39. The van der Waals surface area contributed by atoms with Crippen LogP contribution in [0.15, 0.2) is 43.0 Å². The largest absolute Gasteiger partial charge is 0.467 e. The van der Waals surface area contributed by atoms with Crippen LogP contribution in [0.4, 0.5) is 0 Å². The summed E-state index contributed by atoms with van der Waals surface area (Å²) in [6, 6.07) is 9.18. The quantitative estimate of drug-likeness (QED) is 0.596. The summed E-state index contributed by atoms with van der Waals surface area (Å²) in [5.74, 6) is -0.337. The van der Waals surface area contributed by atoms with Crippen LogP contribution >= 0.6 is 0 Å². The van der Waals surface area contributed by atoms with Crippen LogP contribution in [0.2, 0.25) is 0 Å². The lowest BCUT2D eigenvalue weighted by atomic mass is 10.0.